The molecular weight excluding hydrogens is 436 g/mol. The third-order valence-electron chi connectivity index (χ3n) is 5.00. The first-order chi connectivity index (χ1) is 15.8. The molecule has 0 saturated carbocycles. The predicted molar refractivity (Wildman–Crippen MR) is 114 cm³/mol. The van der Waals surface area contributed by atoms with Gasteiger partial charge in [0.05, 0.1) is 24.2 Å². The van der Waals surface area contributed by atoms with E-state index in [0.29, 0.717) is 43.3 Å². The lowest BCUT2D eigenvalue weighted by atomic mass is 10.2. The van der Waals surface area contributed by atoms with Crippen molar-refractivity contribution in [3.05, 3.63) is 48.4 Å². The van der Waals surface area contributed by atoms with Crippen molar-refractivity contribution in [2.24, 2.45) is 0 Å². The summed E-state index contributed by atoms with van der Waals surface area (Å²) in [5, 5.41) is 17.6. The zero-order chi connectivity index (χ0) is 24.0. The Morgan fingerprint density at radius 3 is 2.21 bits per heavy atom. The normalized spacial score (nSPS) is 15.6. The standard InChI is InChI=1S/C19H20N4O4.C2H2O4/c24-17-12-23(15-5-2-1-4-14(15)20-17)18(25)13-21-7-9-22(10-8-21)19(26)16-6-3-11-27-16;3-1(4)2(5)6/h1-6,11H,7-10,12-13H2,(H,20,24);(H,3,4)(H,5,6). The summed E-state index contributed by atoms with van der Waals surface area (Å²) in [6.07, 6.45) is 1.48. The number of hydrogen-bond donors (Lipinski definition) is 3. The van der Waals surface area contributed by atoms with Crippen LogP contribution in [0.25, 0.3) is 0 Å². The number of benzene rings is 1. The van der Waals surface area contributed by atoms with Gasteiger partial charge in [-0.2, -0.15) is 0 Å². The Hall–Kier alpha value is -4.19. The van der Waals surface area contributed by atoms with Crippen molar-refractivity contribution < 1.29 is 38.6 Å². The molecule has 1 aromatic heterocycles. The molecule has 1 aromatic carbocycles. The molecule has 3 amide bonds. The minimum atomic E-state index is -1.82. The monoisotopic (exact) mass is 458 g/mol. The first-order valence-corrected chi connectivity index (χ1v) is 9.97. The maximum Gasteiger partial charge on any atom is 0.414 e. The number of amides is 3. The van der Waals surface area contributed by atoms with Crippen molar-refractivity contribution in [2.75, 3.05) is 49.5 Å². The summed E-state index contributed by atoms with van der Waals surface area (Å²) >= 11 is 0. The van der Waals surface area contributed by atoms with E-state index in [2.05, 4.69) is 5.32 Å². The number of carboxylic acids is 2. The Kier molecular flexibility index (Phi) is 7.41. The second-order valence-corrected chi connectivity index (χ2v) is 7.20. The SMILES string of the molecule is O=C(O)C(=O)O.O=C1CN(C(=O)CN2CCN(C(=O)c3ccco3)CC2)c2ccccc2N1. The summed E-state index contributed by atoms with van der Waals surface area (Å²) in [5.74, 6) is -3.77. The van der Waals surface area contributed by atoms with Gasteiger partial charge in [0, 0.05) is 26.2 Å². The fourth-order valence-electron chi connectivity index (χ4n) is 3.40. The van der Waals surface area contributed by atoms with Crippen molar-refractivity contribution in [3.63, 3.8) is 0 Å². The third kappa shape index (κ3) is 5.95. The molecule has 4 rings (SSSR count). The molecule has 33 heavy (non-hydrogen) atoms. The molecule has 0 radical (unpaired) electrons. The van der Waals surface area contributed by atoms with Gasteiger partial charge in [0.2, 0.25) is 11.8 Å². The molecule has 0 aliphatic carbocycles. The Morgan fingerprint density at radius 2 is 1.61 bits per heavy atom. The fraction of sp³-hybridized carbons (Fsp3) is 0.286. The minimum absolute atomic E-state index is 0.0206. The van der Waals surface area contributed by atoms with Crippen LogP contribution in [0, 0.1) is 0 Å². The van der Waals surface area contributed by atoms with Gasteiger partial charge in [-0.05, 0) is 24.3 Å². The zero-order valence-electron chi connectivity index (χ0n) is 17.5. The zero-order valence-corrected chi connectivity index (χ0v) is 17.5. The lowest BCUT2D eigenvalue weighted by molar-refractivity contribution is -0.159. The first-order valence-electron chi connectivity index (χ1n) is 9.97. The van der Waals surface area contributed by atoms with Gasteiger partial charge < -0.3 is 24.8 Å². The van der Waals surface area contributed by atoms with Gasteiger partial charge in [-0.1, -0.05) is 12.1 Å². The third-order valence-corrected chi connectivity index (χ3v) is 5.00. The van der Waals surface area contributed by atoms with E-state index in [9.17, 15) is 14.4 Å². The molecule has 3 heterocycles. The molecule has 174 valence electrons. The van der Waals surface area contributed by atoms with E-state index in [1.165, 1.54) is 11.2 Å². The van der Waals surface area contributed by atoms with Crippen molar-refractivity contribution >= 4 is 41.0 Å². The number of fused-ring (bicyclic) bond motifs is 1. The molecule has 2 aliphatic rings. The molecule has 0 bridgehead atoms. The molecule has 12 nitrogen and oxygen atoms in total. The summed E-state index contributed by atoms with van der Waals surface area (Å²) in [6, 6.07) is 10.6. The van der Waals surface area contributed by atoms with Crippen molar-refractivity contribution in [1.82, 2.24) is 9.80 Å². The average molecular weight is 458 g/mol. The van der Waals surface area contributed by atoms with Crippen LogP contribution in [-0.2, 0) is 19.2 Å². The quantitative estimate of drug-likeness (QED) is 0.545. The van der Waals surface area contributed by atoms with Crippen LogP contribution in [0.2, 0.25) is 0 Å². The van der Waals surface area contributed by atoms with Gasteiger partial charge >= 0.3 is 11.9 Å². The van der Waals surface area contributed by atoms with Crippen molar-refractivity contribution in [1.29, 1.82) is 0 Å². The van der Waals surface area contributed by atoms with E-state index in [-0.39, 0.29) is 30.8 Å². The van der Waals surface area contributed by atoms with Gasteiger partial charge in [0.1, 0.15) is 6.54 Å². The average Bonchev–Trinajstić information content (AvgIpc) is 3.34. The van der Waals surface area contributed by atoms with Gasteiger partial charge in [-0.3, -0.25) is 24.2 Å². The van der Waals surface area contributed by atoms with E-state index < -0.39 is 11.9 Å². The van der Waals surface area contributed by atoms with E-state index >= 15 is 0 Å². The molecule has 12 heteroatoms. The maximum absolute atomic E-state index is 12.8. The molecule has 2 aliphatic heterocycles. The molecular formula is C21H22N4O8. The van der Waals surface area contributed by atoms with Crippen LogP contribution in [0.3, 0.4) is 0 Å². The Balaban J connectivity index is 0.000000454. The van der Waals surface area contributed by atoms with E-state index in [0.717, 1.165) is 0 Å². The summed E-state index contributed by atoms with van der Waals surface area (Å²) in [4.78, 5) is 60.4. The van der Waals surface area contributed by atoms with Gasteiger partial charge in [-0.15, -0.1) is 0 Å². The van der Waals surface area contributed by atoms with Gasteiger partial charge in [0.15, 0.2) is 5.76 Å². The number of furan rings is 1. The Morgan fingerprint density at radius 1 is 0.939 bits per heavy atom. The Labute approximate surface area is 188 Å². The topological polar surface area (TPSA) is 161 Å². The molecule has 2 aromatic rings. The van der Waals surface area contributed by atoms with E-state index in [1.807, 2.05) is 23.1 Å². The van der Waals surface area contributed by atoms with Gasteiger partial charge in [-0.25, -0.2) is 9.59 Å². The number of aliphatic carboxylic acids is 2. The fourth-order valence-corrected chi connectivity index (χ4v) is 3.40. The van der Waals surface area contributed by atoms with Crippen LogP contribution in [0.5, 0.6) is 0 Å². The van der Waals surface area contributed by atoms with Crippen LogP contribution in [-0.4, -0.2) is 88.9 Å². The molecule has 0 atom stereocenters. The number of carboxylic acid groups (broad SMARTS) is 2. The van der Waals surface area contributed by atoms with Crippen LogP contribution < -0.4 is 10.2 Å². The largest absolute Gasteiger partial charge is 0.473 e. The van der Waals surface area contributed by atoms with Crippen LogP contribution in [0.15, 0.2) is 47.1 Å². The summed E-state index contributed by atoms with van der Waals surface area (Å²) in [7, 11) is 0. The molecule has 0 unspecified atom stereocenters. The lowest BCUT2D eigenvalue weighted by Crippen LogP contribution is -2.52. The van der Waals surface area contributed by atoms with Crippen molar-refractivity contribution in [3.8, 4) is 0 Å². The second kappa shape index (κ2) is 10.4. The Bertz CT molecular complexity index is 1030. The summed E-state index contributed by atoms with van der Waals surface area (Å²) in [6.45, 7) is 2.49. The molecule has 1 saturated heterocycles. The number of anilines is 2. The van der Waals surface area contributed by atoms with E-state index in [1.54, 1.807) is 23.1 Å². The van der Waals surface area contributed by atoms with E-state index in [4.69, 9.17) is 24.2 Å². The maximum atomic E-state index is 12.8. The van der Waals surface area contributed by atoms with Crippen LogP contribution in [0.1, 0.15) is 10.6 Å². The lowest BCUT2D eigenvalue weighted by Gasteiger charge is -2.36. The number of carbonyl (C=O) groups is 5. The number of nitrogens with one attached hydrogen (secondary N) is 1. The molecule has 3 N–H and O–H groups in total. The second-order valence-electron chi connectivity index (χ2n) is 7.20. The first kappa shape index (κ1) is 23.5. The van der Waals surface area contributed by atoms with Crippen LogP contribution >= 0.6 is 0 Å². The minimum Gasteiger partial charge on any atom is -0.473 e. The van der Waals surface area contributed by atoms with Gasteiger partial charge in [0.25, 0.3) is 5.91 Å². The highest BCUT2D eigenvalue weighted by Crippen LogP contribution is 2.29. The highest BCUT2D eigenvalue weighted by atomic mass is 16.4. The number of carbonyl (C=O) groups excluding carboxylic acids is 3. The van der Waals surface area contributed by atoms with Crippen molar-refractivity contribution in [2.45, 2.75) is 0 Å². The number of para-hydroxylation sites is 2. The highest BCUT2D eigenvalue weighted by Gasteiger charge is 2.29. The molecule has 0 spiro atoms. The van der Waals surface area contributed by atoms with Crippen LogP contribution in [0.4, 0.5) is 11.4 Å². The smallest absolute Gasteiger partial charge is 0.414 e. The highest BCUT2D eigenvalue weighted by molar-refractivity contribution is 6.27. The number of piperazine rings is 1. The predicted octanol–water partition coefficient (Wildman–Crippen LogP) is 0.178. The summed E-state index contributed by atoms with van der Waals surface area (Å²) < 4.78 is 5.16. The molecule has 1 fully saturated rings. The summed E-state index contributed by atoms with van der Waals surface area (Å²) in [5.41, 5.74) is 1.37. The number of hydrogen-bond acceptors (Lipinski definition) is 7. The number of rotatable bonds is 3. The number of nitrogens with zero attached hydrogens (tertiary/aromatic N) is 3.